The van der Waals surface area contributed by atoms with Crippen LogP contribution in [-0.2, 0) is 0 Å². The van der Waals surface area contributed by atoms with Crippen molar-refractivity contribution in [3.8, 4) is 0 Å². The molecule has 1 saturated carbocycles. The molecule has 0 aromatic heterocycles. The van der Waals surface area contributed by atoms with Crippen LogP contribution in [-0.4, -0.2) is 25.7 Å². The molecule has 0 bridgehead atoms. The lowest BCUT2D eigenvalue weighted by Gasteiger charge is -2.25. The van der Waals surface area contributed by atoms with E-state index in [1.807, 2.05) is 0 Å². The summed E-state index contributed by atoms with van der Waals surface area (Å²) >= 11 is 0. The third-order valence-electron chi connectivity index (χ3n) is 4.15. The molecular weight excluding hydrogens is 220 g/mol. The molecule has 0 amide bonds. The SMILES string of the molecule is CCCCCC(C)(C)CNCCNC1CCCC1. The smallest absolute Gasteiger partial charge is 0.00793 e. The predicted molar refractivity (Wildman–Crippen MR) is 81.1 cm³/mol. The zero-order valence-electron chi connectivity index (χ0n) is 12.9. The van der Waals surface area contributed by atoms with Crippen LogP contribution in [0.5, 0.6) is 0 Å². The quantitative estimate of drug-likeness (QED) is 0.581. The van der Waals surface area contributed by atoms with Gasteiger partial charge in [-0.15, -0.1) is 0 Å². The van der Waals surface area contributed by atoms with Gasteiger partial charge in [0.05, 0.1) is 0 Å². The van der Waals surface area contributed by atoms with Crippen LogP contribution in [0.4, 0.5) is 0 Å². The molecule has 1 aliphatic rings. The van der Waals surface area contributed by atoms with Gasteiger partial charge < -0.3 is 10.6 Å². The lowest BCUT2D eigenvalue weighted by atomic mass is 9.87. The molecule has 108 valence electrons. The van der Waals surface area contributed by atoms with Crippen LogP contribution in [0.2, 0.25) is 0 Å². The Bertz CT molecular complexity index is 195. The van der Waals surface area contributed by atoms with Crippen LogP contribution >= 0.6 is 0 Å². The first-order chi connectivity index (χ1) is 8.64. The van der Waals surface area contributed by atoms with Gasteiger partial charge >= 0.3 is 0 Å². The van der Waals surface area contributed by atoms with E-state index in [1.165, 1.54) is 51.4 Å². The monoisotopic (exact) mass is 254 g/mol. The molecular formula is C16H34N2. The summed E-state index contributed by atoms with van der Waals surface area (Å²) < 4.78 is 0. The molecule has 2 nitrogen and oxygen atoms in total. The van der Waals surface area contributed by atoms with E-state index >= 15 is 0 Å². The first kappa shape index (κ1) is 16.0. The van der Waals surface area contributed by atoms with Gasteiger partial charge in [-0.2, -0.15) is 0 Å². The molecule has 0 heterocycles. The molecule has 0 atom stereocenters. The molecule has 1 aliphatic carbocycles. The zero-order valence-corrected chi connectivity index (χ0v) is 12.9. The highest BCUT2D eigenvalue weighted by molar-refractivity contribution is 4.75. The topological polar surface area (TPSA) is 24.1 Å². The largest absolute Gasteiger partial charge is 0.315 e. The lowest BCUT2D eigenvalue weighted by molar-refractivity contribution is 0.302. The minimum absolute atomic E-state index is 0.461. The van der Waals surface area contributed by atoms with Gasteiger partial charge in [-0.1, -0.05) is 52.9 Å². The molecule has 1 rings (SSSR count). The molecule has 2 heteroatoms. The Kier molecular flexibility index (Phi) is 7.92. The molecule has 0 aromatic rings. The van der Waals surface area contributed by atoms with Gasteiger partial charge in [0, 0.05) is 25.7 Å². The Hall–Kier alpha value is -0.0800. The summed E-state index contributed by atoms with van der Waals surface area (Å²) in [6.07, 6.45) is 11.1. The molecule has 0 spiro atoms. The molecule has 0 aliphatic heterocycles. The third-order valence-corrected chi connectivity index (χ3v) is 4.15. The van der Waals surface area contributed by atoms with E-state index in [9.17, 15) is 0 Å². The zero-order chi connectivity index (χ0) is 13.3. The first-order valence-electron chi connectivity index (χ1n) is 8.08. The maximum atomic E-state index is 3.66. The van der Waals surface area contributed by atoms with Crippen LogP contribution in [0, 0.1) is 5.41 Å². The minimum Gasteiger partial charge on any atom is -0.315 e. The molecule has 0 saturated heterocycles. The van der Waals surface area contributed by atoms with Gasteiger partial charge in [0.15, 0.2) is 0 Å². The molecule has 0 radical (unpaired) electrons. The summed E-state index contributed by atoms with van der Waals surface area (Å²) in [5, 5.41) is 7.27. The van der Waals surface area contributed by atoms with Crippen molar-refractivity contribution in [1.29, 1.82) is 0 Å². The average molecular weight is 254 g/mol. The van der Waals surface area contributed by atoms with Gasteiger partial charge in [-0.05, 0) is 24.7 Å². The van der Waals surface area contributed by atoms with Gasteiger partial charge in [0.1, 0.15) is 0 Å². The van der Waals surface area contributed by atoms with Gasteiger partial charge in [0.2, 0.25) is 0 Å². The molecule has 18 heavy (non-hydrogen) atoms. The highest BCUT2D eigenvalue weighted by atomic mass is 15.0. The number of hydrogen-bond donors (Lipinski definition) is 2. The Morgan fingerprint density at radius 3 is 2.44 bits per heavy atom. The second-order valence-electron chi connectivity index (χ2n) is 6.73. The van der Waals surface area contributed by atoms with Crippen molar-refractivity contribution in [3.63, 3.8) is 0 Å². The Morgan fingerprint density at radius 1 is 1.06 bits per heavy atom. The van der Waals surface area contributed by atoms with Crippen LogP contribution in [0.3, 0.4) is 0 Å². The summed E-state index contributed by atoms with van der Waals surface area (Å²) in [4.78, 5) is 0. The van der Waals surface area contributed by atoms with Crippen LogP contribution in [0.1, 0.15) is 72.1 Å². The second kappa shape index (κ2) is 8.92. The summed E-state index contributed by atoms with van der Waals surface area (Å²) in [6.45, 7) is 10.5. The predicted octanol–water partition coefficient (Wildman–Crippen LogP) is 3.71. The molecule has 0 unspecified atom stereocenters. The van der Waals surface area contributed by atoms with Crippen molar-refractivity contribution in [1.82, 2.24) is 10.6 Å². The summed E-state index contributed by atoms with van der Waals surface area (Å²) in [5.74, 6) is 0. The average Bonchev–Trinajstić information content (AvgIpc) is 2.81. The van der Waals surface area contributed by atoms with Crippen LogP contribution in [0.25, 0.3) is 0 Å². The van der Waals surface area contributed by atoms with Crippen LogP contribution < -0.4 is 10.6 Å². The minimum atomic E-state index is 0.461. The maximum Gasteiger partial charge on any atom is 0.00793 e. The van der Waals surface area contributed by atoms with Gasteiger partial charge in [-0.25, -0.2) is 0 Å². The fourth-order valence-corrected chi connectivity index (χ4v) is 2.86. The van der Waals surface area contributed by atoms with E-state index in [0.29, 0.717) is 5.41 Å². The number of hydrogen-bond acceptors (Lipinski definition) is 2. The summed E-state index contributed by atoms with van der Waals surface area (Å²) in [7, 11) is 0. The van der Waals surface area contributed by atoms with E-state index in [2.05, 4.69) is 31.4 Å². The van der Waals surface area contributed by atoms with E-state index in [-0.39, 0.29) is 0 Å². The van der Waals surface area contributed by atoms with Crippen molar-refractivity contribution in [2.24, 2.45) is 5.41 Å². The highest BCUT2D eigenvalue weighted by Crippen LogP contribution is 2.22. The third kappa shape index (κ3) is 7.38. The van der Waals surface area contributed by atoms with Crippen molar-refractivity contribution < 1.29 is 0 Å². The van der Waals surface area contributed by atoms with Gasteiger partial charge in [-0.3, -0.25) is 0 Å². The van der Waals surface area contributed by atoms with E-state index in [0.717, 1.165) is 25.7 Å². The van der Waals surface area contributed by atoms with Crippen molar-refractivity contribution >= 4 is 0 Å². The normalized spacial score (nSPS) is 17.5. The fraction of sp³-hybridized carbons (Fsp3) is 1.00. The first-order valence-corrected chi connectivity index (χ1v) is 8.08. The number of nitrogens with one attached hydrogen (secondary N) is 2. The number of unbranched alkanes of at least 4 members (excludes halogenated alkanes) is 2. The molecule has 1 fully saturated rings. The maximum absolute atomic E-state index is 3.66. The van der Waals surface area contributed by atoms with Gasteiger partial charge in [0.25, 0.3) is 0 Å². The van der Waals surface area contributed by atoms with Crippen LogP contribution in [0.15, 0.2) is 0 Å². The standard InChI is InChI=1S/C16H34N2/c1-4-5-8-11-16(2,3)14-17-12-13-18-15-9-6-7-10-15/h15,17-18H,4-14H2,1-3H3. The fourth-order valence-electron chi connectivity index (χ4n) is 2.86. The second-order valence-corrected chi connectivity index (χ2v) is 6.73. The molecule has 0 aromatic carbocycles. The summed E-state index contributed by atoms with van der Waals surface area (Å²) in [5.41, 5.74) is 0.461. The van der Waals surface area contributed by atoms with E-state index in [1.54, 1.807) is 0 Å². The Balaban J connectivity index is 1.94. The van der Waals surface area contributed by atoms with E-state index < -0.39 is 0 Å². The lowest BCUT2D eigenvalue weighted by Crippen LogP contribution is -2.37. The Labute approximate surface area is 114 Å². The molecule has 2 N–H and O–H groups in total. The summed E-state index contributed by atoms with van der Waals surface area (Å²) in [6, 6.07) is 0.810. The number of rotatable bonds is 10. The van der Waals surface area contributed by atoms with E-state index in [4.69, 9.17) is 0 Å². The highest BCUT2D eigenvalue weighted by Gasteiger charge is 2.17. The van der Waals surface area contributed by atoms with Crippen molar-refractivity contribution in [2.75, 3.05) is 19.6 Å². The van der Waals surface area contributed by atoms with Crippen molar-refractivity contribution in [2.45, 2.75) is 78.2 Å². The van der Waals surface area contributed by atoms with Crippen molar-refractivity contribution in [3.05, 3.63) is 0 Å². The Morgan fingerprint density at radius 2 is 1.78 bits per heavy atom.